The number of aromatic nitrogens is 2. The van der Waals surface area contributed by atoms with Crippen LogP contribution in [0.2, 0.25) is 0 Å². The second kappa shape index (κ2) is 10.8. The van der Waals surface area contributed by atoms with Crippen molar-refractivity contribution >= 4 is 5.96 Å². The summed E-state index contributed by atoms with van der Waals surface area (Å²) in [5, 5.41) is 11.2. The quantitative estimate of drug-likeness (QED) is 0.536. The molecule has 152 valence electrons. The maximum atomic E-state index is 5.43. The van der Waals surface area contributed by atoms with E-state index < -0.39 is 0 Å². The summed E-state index contributed by atoms with van der Waals surface area (Å²) in [5.41, 5.74) is 2.35. The first kappa shape index (κ1) is 20.4. The Hall–Kier alpha value is -2.38. The molecule has 28 heavy (non-hydrogen) atoms. The Morgan fingerprint density at radius 1 is 1.18 bits per heavy atom. The summed E-state index contributed by atoms with van der Waals surface area (Å²) in [6, 6.07) is 10.8. The van der Waals surface area contributed by atoms with Crippen LogP contribution in [0.3, 0.4) is 0 Å². The molecule has 1 aromatic heterocycles. The van der Waals surface area contributed by atoms with Crippen LogP contribution < -0.4 is 10.6 Å². The molecule has 3 rings (SSSR count). The lowest BCUT2D eigenvalue weighted by Gasteiger charge is -2.32. The third-order valence-corrected chi connectivity index (χ3v) is 4.87. The number of morpholine rings is 1. The summed E-state index contributed by atoms with van der Waals surface area (Å²) in [4.78, 5) is 7.17. The van der Waals surface area contributed by atoms with E-state index in [0.29, 0.717) is 12.6 Å². The third kappa shape index (κ3) is 6.35. The highest BCUT2D eigenvalue weighted by Crippen LogP contribution is 2.05. The van der Waals surface area contributed by atoms with E-state index in [-0.39, 0.29) is 0 Å². The summed E-state index contributed by atoms with van der Waals surface area (Å²) < 4.78 is 7.39. The predicted octanol–water partition coefficient (Wildman–Crippen LogP) is 1.71. The molecule has 1 saturated heterocycles. The zero-order valence-corrected chi connectivity index (χ0v) is 17.0. The van der Waals surface area contributed by atoms with Gasteiger partial charge in [0.1, 0.15) is 0 Å². The lowest BCUT2D eigenvalue weighted by Crippen LogP contribution is -2.49. The molecular formula is C21H32N6O. The Balaban J connectivity index is 1.51. The van der Waals surface area contributed by atoms with Gasteiger partial charge in [-0.15, -0.1) is 0 Å². The normalized spacial score (nSPS) is 16.7. The van der Waals surface area contributed by atoms with Crippen molar-refractivity contribution in [2.24, 2.45) is 4.99 Å². The molecule has 7 heteroatoms. The molecule has 2 N–H and O–H groups in total. The fourth-order valence-electron chi connectivity index (χ4n) is 3.25. The van der Waals surface area contributed by atoms with E-state index in [2.05, 4.69) is 64.9 Å². The molecule has 0 radical (unpaired) electrons. The van der Waals surface area contributed by atoms with Gasteiger partial charge < -0.3 is 15.4 Å². The number of nitrogens with one attached hydrogen (secondary N) is 2. The first-order valence-electron chi connectivity index (χ1n) is 10.1. The van der Waals surface area contributed by atoms with E-state index in [1.54, 1.807) is 0 Å². The molecule has 0 saturated carbocycles. The summed E-state index contributed by atoms with van der Waals surface area (Å²) in [7, 11) is 0. The molecule has 1 unspecified atom stereocenters. The van der Waals surface area contributed by atoms with E-state index in [1.165, 1.54) is 5.56 Å². The second-order valence-electron chi connectivity index (χ2n) is 7.11. The van der Waals surface area contributed by atoms with Gasteiger partial charge in [-0.25, -0.2) is 4.99 Å². The summed E-state index contributed by atoms with van der Waals surface area (Å²) in [5.74, 6) is 0.846. The van der Waals surface area contributed by atoms with Crippen molar-refractivity contribution in [3.63, 3.8) is 0 Å². The molecule has 0 amide bonds. The number of ether oxygens (including phenoxy) is 1. The Kier molecular flexibility index (Phi) is 7.87. The average molecular weight is 385 g/mol. The zero-order valence-electron chi connectivity index (χ0n) is 17.0. The minimum atomic E-state index is 0.446. The van der Waals surface area contributed by atoms with E-state index in [9.17, 15) is 0 Å². The second-order valence-corrected chi connectivity index (χ2v) is 7.11. The smallest absolute Gasteiger partial charge is 0.191 e. The third-order valence-electron chi connectivity index (χ3n) is 4.87. The van der Waals surface area contributed by atoms with Crippen molar-refractivity contribution in [2.45, 2.75) is 33.0 Å². The van der Waals surface area contributed by atoms with Gasteiger partial charge in [-0.05, 0) is 19.4 Å². The lowest BCUT2D eigenvalue weighted by atomic mass is 10.2. The Morgan fingerprint density at radius 2 is 1.96 bits per heavy atom. The summed E-state index contributed by atoms with van der Waals surface area (Å²) in [6.07, 6.45) is 3.96. The Morgan fingerprint density at radius 3 is 2.71 bits per heavy atom. The van der Waals surface area contributed by atoms with E-state index >= 15 is 0 Å². The van der Waals surface area contributed by atoms with Crippen LogP contribution in [-0.4, -0.2) is 66.1 Å². The zero-order chi connectivity index (χ0) is 19.6. The number of benzene rings is 1. The van der Waals surface area contributed by atoms with Gasteiger partial charge in [0.2, 0.25) is 0 Å². The van der Waals surface area contributed by atoms with Gasteiger partial charge in [0.25, 0.3) is 0 Å². The standard InChI is InChI=1S/C21H32N6O/c1-3-22-21(23-13-18(2)26-9-11-28-12-10-26)24-14-20-15-25-27(17-20)16-19-7-5-4-6-8-19/h4-8,15,17-18H,3,9-14,16H2,1-2H3,(H2,22,23,24). The molecule has 1 fully saturated rings. The van der Waals surface area contributed by atoms with Crippen molar-refractivity contribution in [2.75, 3.05) is 39.4 Å². The SMILES string of the molecule is CCNC(=NCc1cnn(Cc2ccccc2)c1)NCC(C)N1CCOCC1. The minimum Gasteiger partial charge on any atom is -0.379 e. The first-order chi connectivity index (χ1) is 13.7. The van der Waals surface area contributed by atoms with Gasteiger partial charge >= 0.3 is 0 Å². The van der Waals surface area contributed by atoms with E-state index in [4.69, 9.17) is 9.73 Å². The van der Waals surface area contributed by atoms with Gasteiger partial charge in [0, 0.05) is 44.0 Å². The van der Waals surface area contributed by atoms with Crippen LogP contribution in [0.1, 0.15) is 25.0 Å². The van der Waals surface area contributed by atoms with Crippen molar-refractivity contribution < 1.29 is 4.74 Å². The van der Waals surface area contributed by atoms with Gasteiger partial charge in [-0.2, -0.15) is 5.10 Å². The van der Waals surface area contributed by atoms with Crippen LogP contribution in [0.15, 0.2) is 47.7 Å². The van der Waals surface area contributed by atoms with Crippen molar-refractivity contribution in [1.82, 2.24) is 25.3 Å². The summed E-state index contributed by atoms with van der Waals surface area (Å²) >= 11 is 0. The molecule has 1 aliphatic rings. The highest BCUT2D eigenvalue weighted by atomic mass is 16.5. The number of aliphatic imine (C=N–C) groups is 1. The molecule has 1 aliphatic heterocycles. The highest BCUT2D eigenvalue weighted by molar-refractivity contribution is 5.79. The minimum absolute atomic E-state index is 0.446. The van der Waals surface area contributed by atoms with Crippen LogP contribution in [0.4, 0.5) is 0 Å². The van der Waals surface area contributed by atoms with E-state index in [0.717, 1.165) is 57.5 Å². The topological polar surface area (TPSA) is 66.7 Å². The molecule has 0 bridgehead atoms. The lowest BCUT2D eigenvalue weighted by molar-refractivity contribution is 0.0211. The molecular weight excluding hydrogens is 352 g/mol. The van der Waals surface area contributed by atoms with Crippen molar-refractivity contribution in [1.29, 1.82) is 0 Å². The monoisotopic (exact) mass is 384 g/mol. The van der Waals surface area contributed by atoms with Gasteiger partial charge in [-0.1, -0.05) is 30.3 Å². The van der Waals surface area contributed by atoms with Gasteiger partial charge in [0.15, 0.2) is 5.96 Å². The number of nitrogens with zero attached hydrogens (tertiary/aromatic N) is 4. The number of rotatable bonds is 8. The Labute approximate surface area is 167 Å². The predicted molar refractivity (Wildman–Crippen MR) is 112 cm³/mol. The molecule has 7 nitrogen and oxygen atoms in total. The maximum Gasteiger partial charge on any atom is 0.191 e. The highest BCUT2D eigenvalue weighted by Gasteiger charge is 2.17. The van der Waals surface area contributed by atoms with Crippen molar-refractivity contribution in [3.05, 3.63) is 53.9 Å². The average Bonchev–Trinajstić information content (AvgIpc) is 3.18. The van der Waals surface area contributed by atoms with Crippen LogP contribution in [0.5, 0.6) is 0 Å². The summed E-state index contributed by atoms with van der Waals surface area (Å²) in [6.45, 7) is 11.1. The van der Waals surface area contributed by atoms with Crippen LogP contribution in [-0.2, 0) is 17.8 Å². The largest absolute Gasteiger partial charge is 0.379 e. The molecule has 0 spiro atoms. The molecule has 2 heterocycles. The maximum absolute atomic E-state index is 5.43. The van der Waals surface area contributed by atoms with E-state index in [1.807, 2.05) is 16.9 Å². The molecule has 2 aromatic rings. The van der Waals surface area contributed by atoms with Gasteiger partial charge in [-0.3, -0.25) is 9.58 Å². The Bertz CT molecular complexity index is 724. The first-order valence-corrected chi connectivity index (χ1v) is 10.1. The van der Waals surface area contributed by atoms with Gasteiger partial charge in [0.05, 0.1) is 32.5 Å². The number of guanidine groups is 1. The van der Waals surface area contributed by atoms with Crippen molar-refractivity contribution in [3.8, 4) is 0 Å². The van der Waals surface area contributed by atoms with Crippen LogP contribution >= 0.6 is 0 Å². The fourth-order valence-corrected chi connectivity index (χ4v) is 3.25. The fraction of sp³-hybridized carbons (Fsp3) is 0.524. The molecule has 1 atom stereocenters. The number of hydrogen-bond acceptors (Lipinski definition) is 4. The number of hydrogen-bond donors (Lipinski definition) is 2. The molecule has 0 aliphatic carbocycles. The van der Waals surface area contributed by atoms with Crippen LogP contribution in [0.25, 0.3) is 0 Å². The molecule has 1 aromatic carbocycles. The van der Waals surface area contributed by atoms with Crippen LogP contribution in [0, 0.1) is 0 Å².